The first-order valence-electron chi connectivity index (χ1n) is 9.37. The molecule has 30 heavy (non-hydrogen) atoms. The summed E-state index contributed by atoms with van der Waals surface area (Å²) in [5.41, 5.74) is 1.32. The molecule has 0 unspecified atom stereocenters. The van der Waals surface area contributed by atoms with Gasteiger partial charge in [0.1, 0.15) is 6.54 Å². The number of hydrogen-bond acceptors (Lipinski definition) is 4. The van der Waals surface area contributed by atoms with E-state index in [1.807, 2.05) is 18.2 Å². The molecule has 0 fully saturated rings. The van der Waals surface area contributed by atoms with Crippen molar-refractivity contribution in [2.75, 3.05) is 39.2 Å². The van der Waals surface area contributed by atoms with E-state index in [0.29, 0.717) is 46.7 Å². The summed E-state index contributed by atoms with van der Waals surface area (Å²) in [7, 11) is 3.15. The third-order valence-corrected chi connectivity index (χ3v) is 5.00. The van der Waals surface area contributed by atoms with Crippen molar-refractivity contribution in [1.82, 2.24) is 10.2 Å². The number of rotatable bonds is 9. The van der Waals surface area contributed by atoms with Crippen molar-refractivity contribution in [3.63, 3.8) is 0 Å². The highest BCUT2D eigenvalue weighted by Gasteiger charge is 2.17. The van der Waals surface area contributed by atoms with Gasteiger partial charge in [0.25, 0.3) is 0 Å². The summed E-state index contributed by atoms with van der Waals surface area (Å²) >= 11 is 12.1. The van der Waals surface area contributed by atoms with Crippen molar-refractivity contribution >= 4 is 40.8 Å². The standard InChI is InChI=1S/C21H25Cl2N3O4/c1-4-26(13-19(27)25-20-15(22)6-5-7-16(20)23)21(28)24-11-10-14-8-9-17(29-2)18(12-14)30-3/h5-9,12H,4,10-11,13H2,1-3H3,(H,24,28)(H,25,27). The van der Waals surface area contributed by atoms with E-state index < -0.39 is 0 Å². The minimum atomic E-state index is -0.387. The lowest BCUT2D eigenvalue weighted by molar-refractivity contribution is -0.116. The third-order valence-electron chi connectivity index (χ3n) is 4.37. The van der Waals surface area contributed by atoms with Gasteiger partial charge in [-0.15, -0.1) is 0 Å². The summed E-state index contributed by atoms with van der Waals surface area (Å²) in [6.45, 7) is 2.44. The second-order valence-electron chi connectivity index (χ2n) is 6.33. The van der Waals surface area contributed by atoms with Crippen LogP contribution in [-0.4, -0.2) is 50.7 Å². The first-order valence-corrected chi connectivity index (χ1v) is 10.1. The van der Waals surface area contributed by atoms with Crippen LogP contribution < -0.4 is 20.1 Å². The minimum Gasteiger partial charge on any atom is -0.493 e. The van der Waals surface area contributed by atoms with Crippen molar-refractivity contribution in [1.29, 1.82) is 0 Å². The highest BCUT2D eigenvalue weighted by atomic mass is 35.5. The van der Waals surface area contributed by atoms with Gasteiger partial charge in [0.05, 0.1) is 30.0 Å². The molecule has 0 aromatic heterocycles. The molecule has 2 aromatic rings. The van der Waals surface area contributed by atoms with Crippen LogP contribution in [0.5, 0.6) is 11.5 Å². The maximum absolute atomic E-state index is 12.4. The minimum absolute atomic E-state index is 0.125. The first kappa shape index (κ1) is 23.6. The van der Waals surface area contributed by atoms with Crippen LogP contribution >= 0.6 is 23.2 Å². The van der Waals surface area contributed by atoms with E-state index in [2.05, 4.69) is 10.6 Å². The molecule has 2 N–H and O–H groups in total. The van der Waals surface area contributed by atoms with E-state index in [9.17, 15) is 9.59 Å². The van der Waals surface area contributed by atoms with Crippen molar-refractivity contribution in [3.05, 3.63) is 52.0 Å². The zero-order valence-electron chi connectivity index (χ0n) is 17.1. The second kappa shape index (κ2) is 11.5. The van der Waals surface area contributed by atoms with Gasteiger partial charge in [-0.05, 0) is 43.2 Å². The number of halogens is 2. The molecule has 7 nitrogen and oxygen atoms in total. The van der Waals surface area contributed by atoms with Crippen LogP contribution in [0.4, 0.5) is 10.5 Å². The Morgan fingerprint density at radius 1 is 1.03 bits per heavy atom. The molecule has 0 aliphatic rings. The topological polar surface area (TPSA) is 79.9 Å². The molecule has 0 aliphatic heterocycles. The lowest BCUT2D eigenvalue weighted by Crippen LogP contribution is -2.44. The molecule has 0 saturated heterocycles. The Morgan fingerprint density at radius 3 is 2.30 bits per heavy atom. The largest absolute Gasteiger partial charge is 0.493 e. The van der Waals surface area contributed by atoms with Crippen LogP contribution in [0.1, 0.15) is 12.5 Å². The number of ether oxygens (including phenoxy) is 2. The first-order chi connectivity index (χ1) is 14.4. The van der Waals surface area contributed by atoms with Crippen LogP contribution in [0.2, 0.25) is 10.0 Å². The number of hydrogen-bond donors (Lipinski definition) is 2. The number of nitrogens with one attached hydrogen (secondary N) is 2. The number of nitrogens with zero attached hydrogens (tertiary/aromatic N) is 1. The monoisotopic (exact) mass is 453 g/mol. The van der Waals surface area contributed by atoms with Gasteiger partial charge in [-0.25, -0.2) is 4.79 Å². The lowest BCUT2D eigenvalue weighted by Gasteiger charge is -2.21. The SMILES string of the molecule is CCN(CC(=O)Nc1c(Cl)cccc1Cl)C(=O)NCCc1ccc(OC)c(OC)c1. The molecular weight excluding hydrogens is 429 g/mol. The molecule has 9 heteroatoms. The van der Waals surface area contributed by atoms with Crippen LogP contribution in [0.25, 0.3) is 0 Å². The van der Waals surface area contributed by atoms with Gasteiger partial charge in [-0.2, -0.15) is 0 Å². The number of amides is 3. The van der Waals surface area contributed by atoms with Crippen LogP contribution in [0, 0.1) is 0 Å². The Morgan fingerprint density at radius 2 is 1.70 bits per heavy atom. The van der Waals surface area contributed by atoms with Gasteiger partial charge in [-0.3, -0.25) is 4.79 Å². The van der Waals surface area contributed by atoms with Crippen molar-refractivity contribution in [2.45, 2.75) is 13.3 Å². The molecule has 162 valence electrons. The molecule has 0 aliphatic carbocycles. The molecular formula is C21H25Cl2N3O4. The summed E-state index contributed by atoms with van der Waals surface area (Å²) in [4.78, 5) is 26.2. The maximum Gasteiger partial charge on any atom is 0.317 e. The van der Waals surface area contributed by atoms with Gasteiger partial charge in [-0.1, -0.05) is 35.3 Å². The fourth-order valence-corrected chi connectivity index (χ4v) is 3.25. The number of carbonyl (C=O) groups excluding carboxylic acids is 2. The number of carbonyl (C=O) groups is 2. The fraction of sp³-hybridized carbons (Fsp3) is 0.333. The predicted molar refractivity (Wildman–Crippen MR) is 119 cm³/mol. The van der Waals surface area contributed by atoms with E-state index in [0.717, 1.165) is 5.56 Å². The number of methoxy groups -OCH3 is 2. The third kappa shape index (κ3) is 6.43. The summed E-state index contributed by atoms with van der Waals surface area (Å²) in [6.07, 6.45) is 0.602. The van der Waals surface area contributed by atoms with Gasteiger partial charge >= 0.3 is 6.03 Å². The van der Waals surface area contributed by atoms with Gasteiger partial charge in [0.15, 0.2) is 11.5 Å². The zero-order valence-corrected chi connectivity index (χ0v) is 18.6. The molecule has 2 rings (SSSR count). The summed E-state index contributed by atoms with van der Waals surface area (Å²) in [5.74, 6) is 0.889. The van der Waals surface area contributed by atoms with Gasteiger partial charge in [0.2, 0.25) is 5.91 Å². The summed E-state index contributed by atoms with van der Waals surface area (Å²) in [5, 5.41) is 6.14. The average Bonchev–Trinajstić information content (AvgIpc) is 2.74. The Kier molecular flexibility index (Phi) is 9.08. The highest BCUT2D eigenvalue weighted by Crippen LogP contribution is 2.30. The predicted octanol–water partition coefficient (Wildman–Crippen LogP) is 4.22. The molecule has 0 heterocycles. The average molecular weight is 454 g/mol. The summed E-state index contributed by atoms with van der Waals surface area (Å²) < 4.78 is 10.5. The van der Waals surface area contributed by atoms with Crippen molar-refractivity contribution < 1.29 is 19.1 Å². The number of anilines is 1. The Hall–Kier alpha value is -2.64. The molecule has 0 spiro atoms. The Balaban J connectivity index is 1.88. The summed E-state index contributed by atoms with van der Waals surface area (Å²) in [6, 6.07) is 10.2. The normalized spacial score (nSPS) is 10.3. The van der Waals surface area contributed by atoms with Gasteiger partial charge < -0.3 is 25.0 Å². The molecule has 0 radical (unpaired) electrons. The van der Waals surface area contributed by atoms with Crippen LogP contribution in [0.15, 0.2) is 36.4 Å². The second-order valence-corrected chi connectivity index (χ2v) is 7.14. The van der Waals surface area contributed by atoms with Crippen LogP contribution in [0.3, 0.4) is 0 Å². The van der Waals surface area contributed by atoms with Crippen molar-refractivity contribution in [3.8, 4) is 11.5 Å². The number of likely N-dealkylation sites (N-methyl/N-ethyl adjacent to an activating group) is 1. The number of benzene rings is 2. The smallest absolute Gasteiger partial charge is 0.317 e. The maximum atomic E-state index is 12.4. The van der Waals surface area contributed by atoms with E-state index in [1.54, 1.807) is 39.3 Å². The molecule has 0 atom stereocenters. The quantitative estimate of drug-likeness (QED) is 0.595. The van der Waals surface area contributed by atoms with E-state index in [4.69, 9.17) is 32.7 Å². The highest BCUT2D eigenvalue weighted by molar-refractivity contribution is 6.39. The number of urea groups is 1. The van der Waals surface area contributed by atoms with Gasteiger partial charge in [0, 0.05) is 13.1 Å². The van der Waals surface area contributed by atoms with Crippen LogP contribution in [-0.2, 0) is 11.2 Å². The zero-order chi connectivity index (χ0) is 22.1. The fourth-order valence-electron chi connectivity index (χ4n) is 2.76. The Bertz CT molecular complexity index is 872. The molecule has 2 aromatic carbocycles. The van der Waals surface area contributed by atoms with E-state index >= 15 is 0 Å². The Labute approximate surface area is 186 Å². The molecule has 0 bridgehead atoms. The molecule has 3 amide bonds. The lowest BCUT2D eigenvalue weighted by atomic mass is 10.1. The molecule has 0 saturated carbocycles. The van der Waals surface area contributed by atoms with Crippen molar-refractivity contribution in [2.24, 2.45) is 0 Å². The number of para-hydroxylation sites is 1. The van der Waals surface area contributed by atoms with E-state index in [-0.39, 0.29) is 18.5 Å². The van der Waals surface area contributed by atoms with E-state index in [1.165, 1.54) is 4.90 Å².